The summed E-state index contributed by atoms with van der Waals surface area (Å²) in [4.78, 5) is 11.6. The summed E-state index contributed by atoms with van der Waals surface area (Å²) in [5.74, 6) is -1.47. The number of carbonyl (C=O) groups excluding carboxylic acids is 1. The van der Waals surface area contributed by atoms with Crippen LogP contribution in [0.2, 0.25) is 0 Å². The summed E-state index contributed by atoms with van der Waals surface area (Å²) < 4.78 is 38.8. The van der Waals surface area contributed by atoms with Gasteiger partial charge in [0.2, 0.25) is 0 Å². The quantitative estimate of drug-likeness (QED) is 0.691. The minimum atomic E-state index is -4.27. The number of unbranched alkanes of at least 4 members (excludes halogenated alkanes) is 1. The fraction of sp³-hybridized carbons (Fsp3) is 0.917. The number of nitrogens with one attached hydrogen (secondary N) is 3. The first-order valence-electron chi connectivity index (χ1n) is 6.77. The summed E-state index contributed by atoms with van der Waals surface area (Å²) in [5, 5.41) is 7.98. The van der Waals surface area contributed by atoms with Gasteiger partial charge in [0.1, 0.15) is 0 Å². The highest BCUT2D eigenvalue weighted by atomic mass is 19.4. The normalized spacial score (nSPS) is 24.6. The Hall–Kier alpha value is -0.980. The molecule has 112 valence electrons. The topological polar surface area (TPSA) is 53.2 Å². The van der Waals surface area contributed by atoms with Gasteiger partial charge in [-0.3, -0.25) is 0 Å². The molecule has 0 spiro atoms. The minimum Gasteiger partial charge on any atom is -0.338 e. The molecule has 19 heavy (non-hydrogen) atoms. The van der Waals surface area contributed by atoms with Crippen LogP contribution in [0.5, 0.6) is 0 Å². The Kier molecular flexibility index (Phi) is 6.41. The molecule has 0 aliphatic carbocycles. The Labute approximate surface area is 111 Å². The molecule has 0 aromatic heterocycles. The van der Waals surface area contributed by atoms with Crippen LogP contribution < -0.4 is 16.0 Å². The average molecular weight is 281 g/mol. The zero-order valence-electron chi connectivity index (χ0n) is 11.1. The molecule has 2 unspecified atom stereocenters. The second-order valence-electron chi connectivity index (χ2n) is 4.84. The molecule has 0 bridgehead atoms. The first-order chi connectivity index (χ1) is 8.95. The van der Waals surface area contributed by atoms with Gasteiger partial charge in [0.15, 0.2) is 0 Å². The predicted octanol–water partition coefficient (Wildman–Crippen LogP) is 2.02. The van der Waals surface area contributed by atoms with E-state index in [0.717, 1.165) is 12.8 Å². The molecule has 1 aliphatic rings. The number of amides is 2. The zero-order chi connectivity index (χ0) is 14.3. The second kappa shape index (κ2) is 7.57. The lowest BCUT2D eigenvalue weighted by atomic mass is 9.94. The Bertz CT molecular complexity index is 284. The Morgan fingerprint density at radius 1 is 1.32 bits per heavy atom. The van der Waals surface area contributed by atoms with E-state index in [1.165, 1.54) is 0 Å². The molecular formula is C12H22F3N3O. The predicted molar refractivity (Wildman–Crippen MR) is 66.9 cm³/mol. The van der Waals surface area contributed by atoms with Crippen LogP contribution in [-0.4, -0.2) is 37.9 Å². The Morgan fingerprint density at radius 3 is 2.63 bits per heavy atom. The molecule has 0 radical (unpaired) electrons. The van der Waals surface area contributed by atoms with Gasteiger partial charge in [-0.2, -0.15) is 13.2 Å². The first kappa shape index (κ1) is 16.1. The maximum Gasteiger partial charge on any atom is 0.393 e. The summed E-state index contributed by atoms with van der Waals surface area (Å²) in [6, 6.07) is -1.36. The van der Waals surface area contributed by atoms with Crippen molar-refractivity contribution in [2.24, 2.45) is 5.92 Å². The van der Waals surface area contributed by atoms with E-state index < -0.39 is 24.2 Å². The van der Waals surface area contributed by atoms with Gasteiger partial charge in [0.05, 0.1) is 5.92 Å². The van der Waals surface area contributed by atoms with E-state index in [1.54, 1.807) is 0 Å². The third-order valence-electron chi connectivity index (χ3n) is 3.30. The van der Waals surface area contributed by atoms with Crippen molar-refractivity contribution in [2.75, 3.05) is 19.6 Å². The fourth-order valence-corrected chi connectivity index (χ4v) is 2.21. The third-order valence-corrected chi connectivity index (χ3v) is 3.30. The molecule has 1 saturated heterocycles. The Balaban J connectivity index is 2.53. The molecule has 1 aliphatic heterocycles. The summed E-state index contributed by atoms with van der Waals surface area (Å²) in [6.45, 7) is 3.30. The van der Waals surface area contributed by atoms with Gasteiger partial charge in [-0.25, -0.2) is 4.79 Å². The average Bonchev–Trinajstić information content (AvgIpc) is 2.54. The number of alkyl halides is 3. The molecule has 4 nitrogen and oxygen atoms in total. The van der Waals surface area contributed by atoms with Gasteiger partial charge in [-0.05, 0) is 32.4 Å². The number of carbonyl (C=O) groups is 1. The van der Waals surface area contributed by atoms with Crippen LogP contribution in [0.4, 0.5) is 18.0 Å². The standard InChI is InChI=1S/C12H22F3N3O/c1-2-3-6-17-11(19)18-10-5-8-16-7-4-9(10)12(13,14)15/h9-10,16H,2-8H2,1H3,(H2,17,18,19). The fourth-order valence-electron chi connectivity index (χ4n) is 2.21. The molecule has 2 amide bonds. The largest absolute Gasteiger partial charge is 0.393 e. The molecule has 0 aromatic carbocycles. The molecule has 0 saturated carbocycles. The van der Waals surface area contributed by atoms with E-state index in [-0.39, 0.29) is 6.42 Å². The van der Waals surface area contributed by atoms with Crippen LogP contribution in [0.25, 0.3) is 0 Å². The minimum absolute atomic E-state index is 0.00338. The monoisotopic (exact) mass is 281 g/mol. The van der Waals surface area contributed by atoms with E-state index in [2.05, 4.69) is 16.0 Å². The summed E-state index contributed by atoms with van der Waals surface area (Å²) in [6.07, 6.45) is -2.22. The second-order valence-corrected chi connectivity index (χ2v) is 4.84. The number of urea groups is 1. The third kappa shape index (κ3) is 5.67. The molecule has 0 aromatic rings. The van der Waals surface area contributed by atoms with Crippen molar-refractivity contribution in [3.8, 4) is 0 Å². The van der Waals surface area contributed by atoms with E-state index >= 15 is 0 Å². The van der Waals surface area contributed by atoms with Crippen molar-refractivity contribution in [3.63, 3.8) is 0 Å². The van der Waals surface area contributed by atoms with Gasteiger partial charge >= 0.3 is 12.2 Å². The highest BCUT2D eigenvalue weighted by Crippen LogP contribution is 2.33. The highest BCUT2D eigenvalue weighted by molar-refractivity contribution is 5.74. The van der Waals surface area contributed by atoms with Crippen molar-refractivity contribution in [1.29, 1.82) is 0 Å². The van der Waals surface area contributed by atoms with Crippen molar-refractivity contribution in [2.45, 2.75) is 44.8 Å². The number of rotatable bonds is 4. The first-order valence-corrected chi connectivity index (χ1v) is 6.77. The molecular weight excluding hydrogens is 259 g/mol. The van der Waals surface area contributed by atoms with Gasteiger partial charge in [0, 0.05) is 12.6 Å². The van der Waals surface area contributed by atoms with Crippen LogP contribution in [0, 0.1) is 5.92 Å². The zero-order valence-corrected chi connectivity index (χ0v) is 11.1. The molecule has 1 fully saturated rings. The summed E-state index contributed by atoms with van der Waals surface area (Å²) >= 11 is 0. The summed E-state index contributed by atoms with van der Waals surface area (Å²) in [7, 11) is 0. The maximum atomic E-state index is 12.9. The van der Waals surface area contributed by atoms with Crippen LogP contribution in [0.3, 0.4) is 0 Å². The number of hydrogen-bond acceptors (Lipinski definition) is 2. The van der Waals surface area contributed by atoms with Crippen molar-refractivity contribution in [1.82, 2.24) is 16.0 Å². The lowest BCUT2D eigenvalue weighted by Crippen LogP contribution is -2.49. The van der Waals surface area contributed by atoms with Crippen molar-refractivity contribution < 1.29 is 18.0 Å². The summed E-state index contributed by atoms with van der Waals surface area (Å²) in [5.41, 5.74) is 0. The van der Waals surface area contributed by atoms with E-state index in [9.17, 15) is 18.0 Å². The van der Waals surface area contributed by atoms with Gasteiger partial charge in [0.25, 0.3) is 0 Å². The Morgan fingerprint density at radius 2 is 2.00 bits per heavy atom. The molecule has 2 atom stereocenters. The lowest BCUT2D eigenvalue weighted by molar-refractivity contribution is -0.182. The highest BCUT2D eigenvalue weighted by Gasteiger charge is 2.45. The van der Waals surface area contributed by atoms with Crippen LogP contribution in [0.15, 0.2) is 0 Å². The van der Waals surface area contributed by atoms with Crippen LogP contribution in [0.1, 0.15) is 32.6 Å². The maximum absolute atomic E-state index is 12.9. The number of hydrogen-bond donors (Lipinski definition) is 3. The molecule has 7 heteroatoms. The number of halogens is 3. The van der Waals surface area contributed by atoms with E-state index in [4.69, 9.17) is 0 Å². The van der Waals surface area contributed by atoms with E-state index in [1.807, 2.05) is 6.92 Å². The van der Waals surface area contributed by atoms with Crippen molar-refractivity contribution >= 4 is 6.03 Å². The lowest BCUT2D eigenvalue weighted by Gasteiger charge is -2.27. The molecule has 3 N–H and O–H groups in total. The van der Waals surface area contributed by atoms with Crippen molar-refractivity contribution in [3.05, 3.63) is 0 Å². The molecule has 1 heterocycles. The van der Waals surface area contributed by atoms with Gasteiger partial charge < -0.3 is 16.0 Å². The smallest absolute Gasteiger partial charge is 0.338 e. The molecule has 1 rings (SSSR count). The van der Waals surface area contributed by atoms with Crippen LogP contribution in [-0.2, 0) is 0 Å². The van der Waals surface area contributed by atoms with Crippen LogP contribution >= 0.6 is 0 Å². The van der Waals surface area contributed by atoms with Gasteiger partial charge in [-0.1, -0.05) is 13.3 Å². The van der Waals surface area contributed by atoms with E-state index in [0.29, 0.717) is 26.1 Å². The SMILES string of the molecule is CCCCNC(=O)NC1CCNCCC1C(F)(F)F. The van der Waals surface area contributed by atoms with Gasteiger partial charge in [-0.15, -0.1) is 0 Å².